The van der Waals surface area contributed by atoms with Crippen LogP contribution in [0.1, 0.15) is 25.5 Å². The highest BCUT2D eigenvalue weighted by Gasteiger charge is 2.21. The Morgan fingerprint density at radius 2 is 1.95 bits per heavy atom. The smallest absolute Gasteiger partial charge is 0.169 e. The van der Waals surface area contributed by atoms with Gasteiger partial charge in [-0.2, -0.15) is 0 Å². The number of piperazine rings is 1. The first-order valence-corrected chi connectivity index (χ1v) is 7.55. The van der Waals surface area contributed by atoms with Crippen molar-refractivity contribution in [3.63, 3.8) is 0 Å². The molecule has 1 aliphatic rings. The fourth-order valence-corrected chi connectivity index (χ4v) is 2.84. The zero-order valence-electron chi connectivity index (χ0n) is 11.9. The van der Waals surface area contributed by atoms with E-state index in [2.05, 4.69) is 48.3 Å². The van der Waals surface area contributed by atoms with Gasteiger partial charge in [0, 0.05) is 0 Å². The van der Waals surface area contributed by atoms with Crippen LogP contribution < -0.4 is 10.2 Å². The van der Waals surface area contributed by atoms with E-state index in [0.717, 1.165) is 18.2 Å². The standard InChI is InChI=1S/C15H23N3S/c1-3-17-9-11-18(12-10-17)15(19)16-13(2)14-7-5-4-6-8-14/h4-8,13H,3,9-12H2,1-2H3,(H,16,19)/p+1/t13-/m0/s1. The quantitative estimate of drug-likeness (QED) is 0.800. The second-order valence-electron chi connectivity index (χ2n) is 5.17. The molecule has 19 heavy (non-hydrogen) atoms. The van der Waals surface area contributed by atoms with E-state index in [1.54, 1.807) is 4.90 Å². The van der Waals surface area contributed by atoms with Gasteiger partial charge in [0.25, 0.3) is 0 Å². The van der Waals surface area contributed by atoms with Crippen molar-refractivity contribution in [2.45, 2.75) is 19.9 Å². The fourth-order valence-electron chi connectivity index (χ4n) is 2.48. The van der Waals surface area contributed by atoms with Crippen molar-refractivity contribution < 1.29 is 4.90 Å². The molecule has 0 saturated carbocycles. The number of nitrogens with zero attached hydrogens (tertiary/aromatic N) is 1. The Labute approximate surface area is 121 Å². The molecule has 3 nitrogen and oxygen atoms in total. The number of hydrogen-bond donors (Lipinski definition) is 2. The number of benzene rings is 1. The van der Waals surface area contributed by atoms with Crippen LogP contribution in [-0.2, 0) is 0 Å². The molecule has 1 aromatic carbocycles. The van der Waals surface area contributed by atoms with Crippen molar-refractivity contribution >= 4 is 17.3 Å². The second-order valence-corrected chi connectivity index (χ2v) is 5.56. The summed E-state index contributed by atoms with van der Waals surface area (Å²) >= 11 is 5.53. The average Bonchev–Trinajstić information content (AvgIpc) is 2.48. The first kappa shape index (κ1) is 14.3. The van der Waals surface area contributed by atoms with Crippen LogP contribution in [0.3, 0.4) is 0 Å². The monoisotopic (exact) mass is 278 g/mol. The first-order chi connectivity index (χ1) is 9.20. The third-order valence-corrected chi connectivity index (χ3v) is 4.27. The Bertz CT molecular complexity index is 399. The van der Waals surface area contributed by atoms with E-state index in [9.17, 15) is 0 Å². The topological polar surface area (TPSA) is 19.7 Å². The van der Waals surface area contributed by atoms with Crippen LogP contribution in [0.4, 0.5) is 0 Å². The summed E-state index contributed by atoms with van der Waals surface area (Å²) < 4.78 is 0. The molecule has 4 heteroatoms. The van der Waals surface area contributed by atoms with Crippen LogP contribution >= 0.6 is 12.2 Å². The molecule has 0 bridgehead atoms. The summed E-state index contributed by atoms with van der Waals surface area (Å²) in [6, 6.07) is 10.7. The molecule has 1 heterocycles. The highest BCUT2D eigenvalue weighted by molar-refractivity contribution is 7.80. The van der Waals surface area contributed by atoms with Gasteiger partial charge in [-0.25, -0.2) is 0 Å². The van der Waals surface area contributed by atoms with Crippen molar-refractivity contribution in [3.8, 4) is 0 Å². The number of quaternary nitrogens is 1. The van der Waals surface area contributed by atoms with Gasteiger partial charge in [-0.1, -0.05) is 30.3 Å². The van der Waals surface area contributed by atoms with Gasteiger partial charge in [-0.3, -0.25) is 0 Å². The molecule has 0 amide bonds. The Kier molecular flexibility index (Phi) is 5.16. The minimum atomic E-state index is 0.269. The van der Waals surface area contributed by atoms with Gasteiger partial charge >= 0.3 is 0 Å². The van der Waals surface area contributed by atoms with Gasteiger partial charge < -0.3 is 15.1 Å². The molecule has 0 spiro atoms. The maximum absolute atomic E-state index is 5.53. The number of hydrogen-bond acceptors (Lipinski definition) is 1. The van der Waals surface area contributed by atoms with Gasteiger partial charge in [0.15, 0.2) is 5.11 Å². The van der Waals surface area contributed by atoms with Crippen molar-refractivity contribution in [2.24, 2.45) is 0 Å². The SMILES string of the molecule is CC[NH+]1CCN(C(=S)N[C@@H](C)c2ccccc2)CC1. The third-order valence-electron chi connectivity index (χ3n) is 3.90. The van der Waals surface area contributed by atoms with E-state index in [1.165, 1.54) is 25.2 Å². The zero-order chi connectivity index (χ0) is 13.7. The first-order valence-electron chi connectivity index (χ1n) is 7.14. The summed E-state index contributed by atoms with van der Waals surface area (Å²) in [6.07, 6.45) is 0. The van der Waals surface area contributed by atoms with Gasteiger partial charge in [-0.05, 0) is 31.6 Å². The van der Waals surface area contributed by atoms with E-state index in [-0.39, 0.29) is 6.04 Å². The predicted molar refractivity (Wildman–Crippen MR) is 83.4 cm³/mol. The van der Waals surface area contributed by atoms with Gasteiger partial charge in [0.1, 0.15) is 0 Å². The lowest BCUT2D eigenvalue weighted by atomic mass is 10.1. The average molecular weight is 278 g/mol. The largest absolute Gasteiger partial charge is 0.356 e. The maximum Gasteiger partial charge on any atom is 0.169 e. The lowest BCUT2D eigenvalue weighted by molar-refractivity contribution is -0.902. The van der Waals surface area contributed by atoms with Crippen molar-refractivity contribution in [1.82, 2.24) is 10.2 Å². The molecular weight excluding hydrogens is 254 g/mol. The number of likely N-dealkylation sites (N-methyl/N-ethyl adjacent to an activating group) is 1. The second kappa shape index (κ2) is 6.87. The summed E-state index contributed by atoms with van der Waals surface area (Å²) in [5.74, 6) is 0. The summed E-state index contributed by atoms with van der Waals surface area (Å²) in [5.41, 5.74) is 1.28. The van der Waals surface area contributed by atoms with Crippen LogP contribution in [0.5, 0.6) is 0 Å². The van der Waals surface area contributed by atoms with Gasteiger partial charge in [-0.15, -0.1) is 0 Å². The maximum atomic E-state index is 5.53. The summed E-state index contributed by atoms with van der Waals surface area (Å²) in [5, 5.41) is 4.34. The molecule has 2 N–H and O–H groups in total. The van der Waals surface area contributed by atoms with Crippen molar-refractivity contribution in [2.75, 3.05) is 32.7 Å². The number of nitrogens with one attached hydrogen (secondary N) is 2. The van der Waals surface area contributed by atoms with Gasteiger partial charge in [0.05, 0.1) is 38.8 Å². The predicted octanol–water partition coefficient (Wildman–Crippen LogP) is 0.843. The Morgan fingerprint density at radius 1 is 1.32 bits per heavy atom. The minimum Gasteiger partial charge on any atom is -0.356 e. The summed E-state index contributed by atoms with van der Waals surface area (Å²) in [6.45, 7) is 10.1. The van der Waals surface area contributed by atoms with Crippen molar-refractivity contribution in [1.29, 1.82) is 0 Å². The minimum absolute atomic E-state index is 0.269. The lowest BCUT2D eigenvalue weighted by Crippen LogP contribution is -3.14. The van der Waals surface area contributed by atoms with E-state index < -0.39 is 0 Å². The third kappa shape index (κ3) is 3.91. The zero-order valence-corrected chi connectivity index (χ0v) is 12.7. The van der Waals surface area contributed by atoms with Crippen LogP contribution in [0.15, 0.2) is 30.3 Å². The van der Waals surface area contributed by atoms with Crippen LogP contribution in [-0.4, -0.2) is 42.7 Å². The van der Waals surface area contributed by atoms with E-state index in [1.807, 2.05) is 6.07 Å². The van der Waals surface area contributed by atoms with E-state index in [0.29, 0.717) is 0 Å². The highest BCUT2D eigenvalue weighted by Crippen LogP contribution is 2.11. The van der Waals surface area contributed by atoms with E-state index >= 15 is 0 Å². The van der Waals surface area contributed by atoms with Crippen LogP contribution in [0.2, 0.25) is 0 Å². The molecule has 1 aromatic rings. The number of rotatable bonds is 3. The van der Waals surface area contributed by atoms with Gasteiger partial charge in [0.2, 0.25) is 0 Å². The van der Waals surface area contributed by atoms with Crippen molar-refractivity contribution in [3.05, 3.63) is 35.9 Å². The Hall–Kier alpha value is -1.13. The molecule has 104 valence electrons. The molecule has 0 aromatic heterocycles. The Morgan fingerprint density at radius 3 is 2.53 bits per heavy atom. The fraction of sp³-hybridized carbons (Fsp3) is 0.533. The lowest BCUT2D eigenvalue weighted by Gasteiger charge is -2.34. The summed E-state index contributed by atoms with van der Waals surface area (Å²) in [7, 11) is 0. The molecule has 0 unspecified atom stereocenters. The molecule has 0 radical (unpaired) electrons. The molecule has 2 rings (SSSR count). The molecule has 1 fully saturated rings. The normalized spacial score (nSPS) is 18.1. The molecule has 1 aliphatic heterocycles. The Balaban J connectivity index is 1.84. The molecule has 0 aliphatic carbocycles. The van der Waals surface area contributed by atoms with Crippen LogP contribution in [0, 0.1) is 0 Å². The molecular formula is C15H24N3S+. The van der Waals surface area contributed by atoms with E-state index in [4.69, 9.17) is 12.2 Å². The number of thiocarbonyl (C=S) groups is 1. The molecule has 1 atom stereocenters. The highest BCUT2D eigenvalue weighted by atomic mass is 32.1. The molecule has 1 saturated heterocycles. The van der Waals surface area contributed by atoms with Crippen LogP contribution in [0.25, 0.3) is 0 Å². The summed E-state index contributed by atoms with van der Waals surface area (Å²) in [4.78, 5) is 3.98.